The summed E-state index contributed by atoms with van der Waals surface area (Å²) in [7, 11) is 0. The van der Waals surface area contributed by atoms with Crippen molar-refractivity contribution >= 4 is 5.97 Å². The molecule has 0 heterocycles. The van der Waals surface area contributed by atoms with Gasteiger partial charge in [0.15, 0.2) is 5.60 Å². The highest BCUT2D eigenvalue weighted by molar-refractivity contribution is 5.80. The van der Waals surface area contributed by atoms with Crippen LogP contribution < -0.4 is 0 Å². The molecule has 108 valence electrons. The van der Waals surface area contributed by atoms with E-state index >= 15 is 0 Å². The normalized spacial score (nSPS) is 19.7. The first-order chi connectivity index (χ1) is 8.34. The van der Waals surface area contributed by atoms with Gasteiger partial charge in [0.2, 0.25) is 0 Å². The molecular formula is C10H20O8. The molecule has 0 fully saturated rings. The van der Waals surface area contributed by atoms with E-state index in [0.717, 1.165) is 0 Å². The van der Waals surface area contributed by atoms with Gasteiger partial charge in [0.25, 0.3) is 0 Å². The fourth-order valence-corrected chi connectivity index (χ4v) is 1.34. The molecule has 4 atom stereocenters. The molecule has 18 heavy (non-hydrogen) atoms. The van der Waals surface area contributed by atoms with Crippen molar-refractivity contribution < 1.29 is 40.2 Å². The molecule has 0 bridgehead atoms. The number of ether oxygens (including phenoxy) is 1. The van der Waals surface area contributed by atoms with E-state index in [-0.39, 0.29) is 13.0 Å². The van der Waals surface area contributed by atoms with Gasteiger partial charge in [-0.05, 0) is 6.42 Å². The summed E-state index contributed by atoms with van der Waals surface area (Å²) >= 11 is 0. The van der Waals surface area contributed by atoms with Gasteiger partial charge in [0.05, 0.1) is 13.2 Å². The molecule has 0 aromatic carbocycles. The first-order valence-corrected chi connectivity index (χ1v) is 5.50. The number of rotatable bonds is 8. The van der Waals surface area contributed by atoms with Crippen LogP contribution in [0.3, 0.4) is 0 Å². The van der Waals surface area contributed by atoms with Gasteiger partial charge in [-0.3, -0.25) is 0 Å². The largest absolute Gasteiger partial charge is 0.461 e. The average Bonchev–Trinajstić information content (AvgIpc) is 2.40. The zero-order valence-corrected chi connectivity index (χ0v) is 10.1. The van der Waals surface area contributed by atoms with Crippen LogP contribution in [0.15, 0.2) is 0 Å². The van der Waals surface area contributed by atoms with E-state index in [2.05, 4.69) is 4.74 Å². The third-order valence-corrected chi connectivity index (χ3v) is 2.61. The Morgan fingerprint density at radius 1 is 1.28 bits per heavy atom. The number of carbonyl (C=O) groups excluding carboxylic acids is 1. The molecular weight excluding hydrogens is 248 g/mol. The molecule has 0 aliphatic heterocycles. The molecule has 8 heteroatoms. The number of hydrogen-bond acceptors (Lipinski definition) is 8. The smallest absolute Gasteiger partial charge is 0.341 e. The van der Waals surface area contributed by atoms with E-state index in [4.69, 9.17) is 15.3 Å². The third kappa shape index (κ3) is 3.87. The van der Waals surface area contributed by atoms with E-state index in [1.54, 1.807) is 0 Å². The zero-order chi connectivity index (χ0) is 14.3. The van der Waals surface area contributed by atoms with Crippen LogP contribution >= 0.6 is 0 Å². The SMILES string of the molecule is CCC(O)(C(=O)OCCO)C(O)C(O)C(O)CO. The monoisotopic (exact) mass is 268 g/mol. The number of aliphatic hydroxyl groups is 6. The Labute approximate surface area is 104 Å². The van der Waals surface area contributed by atoms with Crippen LogP contribution in [-0.2, 0) is 9.53 Å². The van der Waals surface area contributed by atoms with Crippen LogP contribution in [0, 0.1) is 0 Å². The summed E-state index contributed by atoms with van der Waals surface area (Å²) in [5.41, 5.74) is -2.43. The summed E-state index contributed by atoms with van der Waals surface area (Å²) in [6.45, 7) is -0.304. The van der Waals surface area contributed by atoms with Gasteiger partial charge in [0.1, 0.15) is 24.9 Å². The molecule has 0 amide bonds. The second-order valence-corrected chi connectivity index (χ2v) is 3.82. The van der Waals surface area contributed by atoms with E-state index in [9.17, 15) is 20.1 Å². The molecule has 0 aromatic heterocycles. The van der Waals surface area contributed by atoms with E-state index in [0.29, 0.717) is 0 Å². The lowest BCUT2D eigenvalue weighted by Gasteiger charge is -2.33. The fraction of sp³-hybridized carbons (Fsp3) is 0.900. The minimum absolute atomic E-state index is 0.284. The van der Waals surface area contributed by atoms with Gasteiger partial charge in [-0.2, -0.15) is 0 Å². The predicted octanol–water partition coefficient (Wildman–Crippen LogP) is -3.26. The fourth-order valence-electron chi connectivity index (χ4n) is 1.34. The van der Waals surface area contributed by atoms with Crippen LogP contribution in [0.25, 0.3) is 0 Å². The summed E-state index contributed by atoms with van der Waals surface area (Å²) < 4.78 is 4.48. The molecule has 0 rings (SSSR count). The maximum Gasteiger partial charge on any atom is 0.341 e. The minimum Gasteiger partial charge on any atom is -0.461 e. The standard InChI is InChI=1S/C10H20O8/c1-2-10(17,9(16)18-4-3-11)8(15)7(14)6(13)5-12/h6-8,11-15,17H,2-5H2,1H3. The Hall–Kier alpha value is -0.770. The quantitative estimate of drug-likeness (QED) is 0.251. The van der Waals surface area contributed by atoms with Crippen molar-refractivity contribution in [3.8, 4) is 0 Å². The van der Waals surface area contributed by atoms with Crippen molar-refractivity contribution in [3.63, 3.8) is 0 Å². The van der Waals surface area contributed by atoms with Gasteiger partial charge in [-0.1, -0.05) is 6.92 Å². The molecule has 0 aliphatic rings. The first kappa shape index (κ1) is 17.2. The summed E-state index contributed by atoms with van der Waals surface area (Å²) in [6.07, 6.45) is -5.94. The molecule has 4 unspecified atom stereocenters. The number of carbonyl (C=O) groups is 1. The lowest BCUT2D eigenvalue weighted by molar-refractivity contribution is -0.197. The number of aliphatic hydroxyl groups excluding tert-OH is 5. The second kappa shape index (κ2) is 7.62. The first-order valence-electron chi connectivity index (χ1n) is 5.50. The number of esters is 1. The van der Waals surface area contributed by atoms with E-state index in [1.807, 2.05) is 0 Å². The van der Waals surface area contributed by atoms with Crippen LogP contribution in [0.2, 0.25) is 0 Å². The Kier molecular flexibility index (Phi) is 7.29. The summed E-state index contributed by atoms with van der Waals surface area (Å²) in [4.78, 5) is 11.5. The van der Waals surface area contributed by atoms with Crippen LogP contribution in [-0.4, -0.2) is 80.3 Å². The molecule has 0 saturated carbocycles. The summed E-state index contributed by atoms with van der Waals surface area (Å²) in [6, 6.07) is 0. The molecule has 6 N–H and O–H groups in total. The minimum atomic E-state index is -2.43. The molecule has 0 spiro atoms. The zero-order valence-electron chi connectivity index (χ0n) is 10.1. The van der Waals surface area contributed by atoms with Crippen LogP contribution in [0.5, 0.6) is 0 Å². The van der Waals surface area contributed by atoms with Gasteiger partial charge >= 0.3 is 5.97 Å². The lowest BCUT2D eigenvalue weighted by Crippen LogP contribution is -2.58. The Morgan fingerprint density at radius 2 is 1.83 bits per heavy atom. The second-order valence-electron chi connectivity index (χ2n) is 3.82. The van der Waals surface area contributed by atoms with Crippen molar-refractivity contribution in [2.75, 3.05) is 19.8 Å². The van der Waals surface area contributed by atoms with E-state index in [1.165, 1.54) is 6.92 Å². The van der Waals surface area contributed by atoms with Gasteiger partial charge < -0.3 is 35.4 Å². The number of hydrogen-bond donors (Lipinski definition) is 6. The topological polar surface area (TPSA) is 148 Å². The predicted molar refractivity (Wildman–Crippen MR) is 58.4 cm³/mol. The maximum atomic E-state index is 11.5. The molecule has 0 radical (unpaired) electrons. The molecule has 0 aromatic rings. The van der Waals surface area contributed by atoms with Crippen LogP contribution in [0.1, 0.15) is 13.3 Å². The Bertz CT molecular complexity index is 258. The van der Waals surface area contributed by atoms with Gasteiger partial charge in [-0.25, -0.2) is 4.79 Å². The van der Waals surface area contributed by atoms with Crippen molar-refractivity contribution in [3.05, 3.63) is 0 Å². The van der Waals surface area contributed by atoms with Gasteiger partial charge in [0, 0.05) is 0 Å². The molecule has 8 nitrogen and oxygen atoms in total. The Balaban J connectivity index is 4.85. The summed E-state index contributed by atoms with van der Waals surface area (Å²) in [5.74, 6) is -1.23. The molecule has 0 saturated heterocycles. The third-order valence-electron chi connectivity index (χ3n) is 2.61. The van der Waals surface area contributed by atoms with Crippen molar-refractivity contribution in [2.45, 2.75) is 37.3 Å². The molecule has 0 aliphatic carbocycles. The van der Waals surface area contributed by atoms with Crippen molar-refractivity contribution in [2.24, 2.45) is 0 Å². The van der Waals surface area contributed by atoms with Gasteiger partial charge in [-0.15, -0.1) is 0 Å². The van der Waals surface area contributed by atoms with E-state index < -0.39 is 43.1 Å². The average molecular weight is 268 g/mol. The highest BCUT2D eigenvalue weighted by atomic mass is 16.6. The van der Waals surface area contributed by atoms with Crippen molar-refractivity contribution in [1.29, 1.82) is 0 Å². The highest BCUT2D eigenvalue weighted by Gasteiger charge is 2.48. The van der Waals surface area contributed by atoms with Crippen LogP contribution in [0.4, 0.5) is 0 Å². The highest BCUT2D eigenvalue weighted by Crippen LogP contribution is 2.21. The lowest BCUT2D eigenvalue weighted by atomic mass is 9.88. The van der Waals surface area contributed by atoms with Crippen molar-refractivity contribution in [1.82, 2.24) is 0 Å². The summed E-state index contributed by atoms with van der Waals surface area (Å²) in [5, 5.41) is 55.3. The maximum absolute atomic E-state index is 11.5. The Morgan fingerprint density at radius 3 is 2.22 bits per heavy atom.